The summed E-state index contributed by atoms with van der Waals surface area (Å²) >= 11 is 0. The van der Waals surface area contributed by atoms with Gasteiger partial charge in [0, 0.05) is 25.8 Å². The van der Waals surface area contributed by atoms with Gasteiger partial charge in [0.2, 0.25) is 5.91 Å². The first-order valence-corrected chi connectivity index (χ1v) is 9.34. The molecule has 2 aliphatic rings. The number of hydrogen-bond acceptors (Lipinski definition) is 5. The summed E-state index contributed by atoms with van der Waals surface area (Å²) in [5, 5.41) is 0. The van der Waals surface area contributed by atoms with E-state index >= 15 is 0 Å². The van der Waals surface area contributed by atoms with Gasteiger partial charge in [-0.15, -0.1) is 0 Å². The van der Waals surface area contributed by atoms with Crippen LogP contribution in [0.15, 0.2) is 24.4 Å². The Hall–Kier alpha value is -2.15. The van der Waals surface area contributed by atoms with E-state index in [4.69, 9.17) is 9.47 Å². The van der Waals surface area contributed by atoms with Crippen LogP contribution in [0.3, 0.4) is 0 Å². The molecule has 0 saturated carbocycles. The van der Waals surface area contributed by atoms with E-state index in [0.717, 1.165) is 31.4 Å². The van der Waals surface area contributed by atoms with Crippen molar-refractivity contribution in [2.75, 3.05) is 26.7 Å². The topological polar surface area (TPSA) is 72.0 Å². The number of pyridine rings is 1. The van der Waals surface area contributed by atoms with Crippen LogP contribution in [-0.2, 0) is 20.9 Å². The molecule has 7 nitrogen and oxygen atoms in total. The molecule has 1 atom stereocenters. The summed E-state index contributed by atoms with van der Waals surface area (Å²) in [4.78, 5) is 32.5. The number of hydrogen-bond donors (Lipinski definition) is 0. The molecule has 7 heteroatoms. The molecular weight excluding hydrogens is 334 g/mol. The van der Waals surface area contributed by atoms with Crippen molar-refractivity contribution in [1.29, 1.82) is 0 Å². The van der Waals surface area contributed by atoms with Gasteiger partial charge in [0.25, 0.3) is 0 Å². The van der Waals surface area contributed by atoms with E-state index in [1.807, 2.05) is 23.1 Å². The predicted molar refractivity (Wildman–Crippen MR) is 95.4 cm³/mol. The average Bonchev–Trinajstić information content (AvgIpc) is 2.72. The minimum Gasteiger partial charge on any atom is -0.453 e. The molecule has 3 rings (SSSR count). The second kappa shape index (κ2) is 8.98. The van der Waals surface area contributed by atoms with E-state index in [1.54, 1.807) is 11.1 Å². The molecule has 0 radical (unpaired) electrons. The maximum Gasteiger partial charge on any atom is 0.410 e. The zero-order valence-corrected chi connectivity index (χ0v) is 15.3. The van der Waals surface area contributed by atoms with Gasteiger partial charge in [-0.05, 0) is 44.2 Å². The molecule has 2 saturated heterocycles. The molecule has 0 spiro atoms. The number of amides is 2. The Bertz CT molecular complexity index is 602. The molecule has 26 heavy (non-hydrogen) atoms. The van der Waals surface area contributed by atoms with Gasteiger partial charge in [-0.1, -0.05) is 6.07 Å². The van der Waals surface area contributed by atoms with Crippen LogP contribution in [0.5, 0.6) is 0 Å². The molecule has 0 bridgehead atoms. The van der Waals surface area contributed by atoms with Crippen molar-refractivity contribution >= 4 is 12.0 Å². The lowest BCUT2D eigenvalue weighted by Crippen LogP contribution is -2.54. The van der Waals surface area contributed by atoms with Crippen molar-refractivity contribution in [1.82, 2.24) is 14.8 Å². The Morgan fingerprint density at radius 2 is 1.96 bits per heavy atom. The summed E-state index contributed by atoms with van der Waals surface area (Å²) in [6.07, 6.45) is 5.71. The first kappa shape index (κ1) is 18.6. The van der Waals surface area contributed by atoms with Crippen LogP contribution in [-0.4, -0.2) is 65.7 Å². The fourth-order valence-corrected chi connectivity index (χ4v) is 3.66. The average molecular weight is 361 g/mol. The van der Waals surface area contributed by atoms with Gasteiger partial charge in [-0.2, -0.15) is 0 Å². The molecule has 2 amide bonds. The minimum atomic E-state index is -0.406. The van der Waals surface area contributed by atoms with Crippen molar-refractivity contribution < 1.29 is 19.1 Å². The van der Waals surface area contributed by atoms with Gasteiger partial charge >= 0.3 is 6.09 Å². The van der Waals surface area contributed by atoms with Crippen LogP contribution in [0.4, 0.5) is 4.79 Å². The van der Waals surface area contributed by atoms with Crippen LogP contribution >= 0.6 is 0 Å². The van der Waals surface area contributed by atoms with E-state index in [9.17, 15) is 9.59 Å². The SMILES string of the molecule is COC(=O)N1CCCCC1C(=O)N1CCC(OCc2ccccn2)CC1. The molecule has 2 fully saturated rings. The molecule has 0 N–H and O–H groups in total. The van der Waals surface area contributed by atoms with E-state index in [0.29, 0.717) is 32.7 Å². The number of nitrogens with zero attached hydrogens (tertiary/aromatic N) is 3. The van der Waals surface area contributed by atoms with Gasteiger partial charge in [0.1, 0.15) is 6.04 Å². The smallest absolute Gasteiger partial charge is 0.410 e. The highest BCUT2D eigenvalue weighted by atomic mass is 16.5. The highest BCUT2D eigenvalue weighted by molar-refractivity contribution is 5.86. The highest BCUT2D eigenvalue weighted by Crippen LogP contribution is 2.23. The summed E-state index contributed by atoms with van der Waals surface area (Å²) in [5.41, 5.74) is 0.918. The number of ether oxygens (including phenoxy) is 2. The fourth-order valence-electron chi connectivity index (χ4n) is 3.66. The summed E-state index contributed by atoms with van der Waals surface area (Å²) in [7, 11) is 1.36. The largest absolute Gasteiger partial charge is 0.453 e. The van der Waals surface area contributed by atoms with Crippen LogP contribution in [0.1, 0.15) is 37.8 Å². The van der Waals surface area contributed by atoms with E-state index in [1.165, 1.54) is 7.11 Å². The second-order valence-corrected chi connectivity index (χ2v) is 6.83. The first-order valence-electron chi connectivity index (χ1n) is 9.34. The van der Waals surface area contributed by atoms with Gasteiger partial charge in [0.15, 0.2) is 0 Å². The quantitative estimate of drug-likeness (QED) is 0.822. The lowest BCUT2D eigenvalue weighted by Gasteiger charge is -2.39. The normalized spacial score (nSPS) is 21.5. The van der Waals surface area contributed by atoms with Crippen LogP contribution in [0.2, 0.25) is 0 Å². The second-order valence-electron chi connectivity index (χ2n) is 6.83. The Morgan fingerprint density at radius 1 is 1.15 bits per heavy atom. The Balaban J connectivity index is 1.49. The van der Waals surface area contributed by atoms with Crippen molar-refractivity contribution in [3.8, 4) is 0 Å². The van der Waals surface area contributed by atoms with Gasteiger partial charge in [0.05, 0.1) is 25.5 Å². The molecule has 142 valence electrons. The predicted octanol–water partition coefficient (Wildman–Crippen LogP) is 2.21. The third kappa shape index (κ3) is 4.52. The summed E-state index contributed by atoms with van der Waals surface area (Å²) in [5.74, 6) is 0.0401. The van der Waals surface area contributed by atoms with Crippen molar-refractivity contribution in [2.24, 2.45) is 0 Å². The molecule has 0 aliphatic carbocycles. The number of likely N-dealkylation sites (tertiary alicyclic amines) is 2. The molecule has 1 unspecified atom stereocenters. The third-order valence-electron chi connectivity index (χ3n) is 5.14. The molecular formula is C19H27N3O4. The molecule has 1 aromatic heterocycles. The van der Waals surface area contributed by atoms with Gasteiger partial charge in [-0.3, -0.25) is 14.7 Å². The van der Waals surface area contributed by atoms with E-state index in [-0.39, 0.29) is 18.1 Å². The van der Waals surface area contributed by atoms with Crippen LogP contribution < -0.4 is 0 Å². The number of rotatable bonds is 4. The number of carbonyl (C=O) groups is 2. The maximum absolute atomic E-state index is 12.9. The lowest BCUT2D eigenvalue weighted by molar-refractivity contribution is -0.140. The summed E-state index contributed by atoms with van der Waals surface area (Å²) < 4.78 is 10.8. The molecule has 2 aliphatic heterocycles. The van der Waals surface area contributed by atoms with Gasteiger partial charge < -0.3 is 14.4 Å². The Labute approximate surface area is 154 Å². The number of methoxy groups -OCH3 is 1. The number of aromatic nitrogens is 1. The Morgan fingerprint density at radius 3 is 2.65 bits per heavy atom. The Kier molecular flexibility index (Phi) is 6.44. The first-order chi connectivity index (χ1) is 12.7. The molecule has 3 heterocycles. The van der Waals surface area contributed by atoms with E-state index < -0.39 is 6.09 Å². The zero-order valence-electron chi connectivity index (χ0n) is 15.3. The summed E-state index contributed by atoms with van der Waals surface area (Å²) in [6.45, 7) is 2.42. The molecule has 1 aromatic rings. The van der Waals surface area contributed by atoms with Crippen LogP contribution in [0.25, 0.3) is 0 Å². The zero-order chi connectivity index (χ0) is 18.4. The van der Waals surface area contributed by atoms with E-state index in [2.05, 4.69) is 4.98 Å². The number of carbonyl (C=O) groups excluding carboxylic acids is 2. The van der Waals surface area contributed by atoms with Gasteiger partial charge in [-0.25, -0.2) is 4.79 Å². The minimum absolute atomic E-state index is 0.0401. The third-order valence-corrected chi connectivity index (χ3v) is 5.14. The lowest BCUT2D eigenvalue weighted by atomic mass is 9.99. The monoisotopic (exact) mass is 361 g/mol. The van der Waals surface area contributed by atoms with Crippen LogP contribution in [0, 0.1) is 0 Å². The van der Waals surface area contributed by atoms with Crippen molar-refractivity contribution in [2.45, 2.75) is 50.9 Å². The highest BCUT2D eigenvalue weighted by Gasteiger charge is 2.36. The standard InChI is InChI=1S/C19H27N3O4/c1-25-19(24)22-11-5-3-7-17(22)18(23)21-12-8-16(9-13-21)26-14-15-6-2-4-10-20-15/h2,4,6,10,16-17H,3,5,7-9,11-14H2,1H3. The maximum atomic E-state index is 12.9. The fraction of sp³-hybridized carbons (Fsp3) is 0.632. The van der Waals surface area contributed by atoms with Crippen molar-refractivity contribution in [3.63, 3.8) is 0 Å². The summed E-state index contributed by atoms with van der Waals surface area (Å²) in [6, 6.07) is 5.39. The molecule has 0 aromatic carbocycles. The number of piperidine rings is 2. The van der Waals surface area contributed by atoms with Crippen molar-refractivity contribution in [3.05, 3.63) is 30.1 Å².